The van der Waals surface area contributed by atoms with E-state index in [-0.39, 0.29) is 0 Å². The Morgan fingerprint density at radius 3 is 1.25 bits per heavy atom. The number of aliphatic hydroxyl groups is 17. The molecule has 4 aliphatic rings. The molecular weight excluding hydrogens is 760 g/mol. The van der Waals surface area contributed by atoms with E-state index in [1.807, 2.05) is 0 Å². The van der Waals surface area contributed by atoms with E-state index < -0.39 is 180 Å². The number of hydrogen-bond donors (Lipinski definition) is 17. The molecule has 4 saturated heterocycles. The van der Waals surface area contributed by atoms with E-state index in [0.717, 1.165) is 6.92 Å². The summed E-state index contributed by atoms with van der Waals surface area (Å²) < 4.78 is 45.0. The van der Waals surface area contributed by atoms with Crippen molar-refractivity contribution in [3.05, 3.63) is 0 Å². The molecular formula is C30H54O25. The summed E-state index contributed by atoms with van der Waals surface area (Å²) >= 11 is 0. The van der Waals surface area contributed by atoms with Crippen LogP contribution in [-0.4, -0.2) is 267 Å². The van der Waals surface area contributed by atoms with E-state index in [0.29, 0.717) is 0 Å². The lowest BCUT2D eigenvalue weighted by molar-refractivity contribution is -0.407. The molecule has 4 aliphatic heterocycles. The zero-order valence-electron chi connectivity index (χ0n) is 29.3. The van der Waals surface area contributed by atoms with Gasteiger partial charge in [0.15, 0.2) is 25.2 Å². The summed E-state index contributed by atoms with van der Waals surface area (Å²) in [7, 11) is 0. The maximum absolute atomic E-state index is 11.4. The third-order valence-corrected chi connectivity index (χ3v) is 9.88. The van der Waals surface area contributed by atoms with Crippen molar-refractivity contribution in [3.8, 4) is 0 Å². The van der Waals surface area contributed by atoms with Crippen LogP contribution in [0.3, 0.4) is 0 Å². The first-order valence-corrected chi connectivity index (χ1v) is 17.4. The molecule has 0 amide bonds. The summed E-state index contributed by atoms with van der Waals surface area (Å²) in [5.41, 5.74) is 0. The zero-order valence-corrected chi connectivity index (χ0v) is 29.3. The smallest absolute Gasteiger partial charge is 0.187 e. The first-order chi connectivity index (χ1) is 25.9. The minimum absolute atomic E-state index is 0.907. The second kappa shape index (κ2) is 20.3. The molecule has 24 atom stereocenters. The van der Waals surface area contributed by atoms with Gasteiger partial charge in [0.1, 0.15) is 116 Å². The molecule has 4 rings (SSSR count). The topological polar surface area (TPSA) is 418 Å². The van der Waals surface area contributed by atoms with Crippen LogP contribution in [-0.2, 0) is 37.9 Å². The van der Waals surface area contributed by atoms with Crippen molar-refractivity contribution in [1.29, 1.82) is 0 Å². The fourth-order valence-corrected chi connectivity index (χ4v) is 6.53. The van der Waals surface area contributed by atoms with Crippen LogP contribution < -0.4 is 0 Å². The molecule has 4 heterocycles. The van der Waals surface area contributed by atoms with Gasteiger partial charge in [-0.2, -0.15) is 0 Å². The first kappa shape index (κ1) is 46.7. The number of rotatable bonds is 16. The van der Waals surface area contributed by atoms with Crippen LogP contribution in [0.25, 0.3) is 0 Å². The number of hydrogen-bond acceptors (Lipinski definition) is 25. The van der Waals surface area contributed by atoms with Crippen molar-refractivity contribution in [2.24, 2.45) is 0 Å². The predicted octanol–water partition coefficient (Wildman–Crippen LogP) is -11.3. The second-order valence-corrected chi connectivity index (χ2v) is 13.7. The molecule has 0 aromatic heterocycles. The van der Waals surface area contributed by atoms with Crippen molar-refractivity contribution in [2.45, 2.75) is 154 Å². The highest BCUT2D eigenvalue weighted by Gasteiger charge is 2.57. The standard InChI is InChI=1S/C30H54O25/c1-7(36)13(38)23(8(37)2-31)52-29-22(47)24(16(41)11(5-34)50-29)53-30-26(55-28-21(46)19(44)15(40)10(4-33)49-28)25(17(42)12(6-35)51-30)54-27-20(45)18(43)14(39)9(3-32)48-27/h7-47H,2-6H2,1H3/t7-,8-,9+,10+,11+,12+,13-,14+,15+,16+,17+,18-,19-,20+,21-,22-,23-,24-,25-,26-,27-,28+,29-,30-/m0/s1. The third-order valence-electron chi connectivity index (χ3n) is 9.88. The SMILES string of the molecule is C[C@H](O)[C@H](O)[C@@H](O[C@@H]1O[C@H](CO)[C@@H](O)[C@H](O[C@@H]2O[C@H](CO)[C@@H](O)[C@H](O[C@@H]3O[C@H](CO)[C@@H](O)[C@H](O)[C@H]3O)[C@@H]2O[C@H]2O[C@H](CO)[C@@H](O)[C@H](O)[C@@H]2O)[C@@H]1O)[C@@H](O)CO. The van der Waals surface area contributed by atoms with Gasteiger partial charge in [0.2, 0.25) is 0 Å². The van der Waals surface area contributed by atoms with Gasteiger partial charge in [0.05, 0.1) is 39.1 Å². The summed E-state index contributed by atoms with van der Waals surface area (Å²) in [5, 5.41) is 176. The van der Waals surface area contributed by atoms with Gasteiger partial charge in [0, 0.05) is 0 Å². The maximum atomic E-state index is 11.4. The summed E-state index contributed by atoms with van der Waals surface area (Å²) in [6, 6.07) is 0. The number of ether oxygens (including phenoxy) is 8. The van der Waals surface area contributed by atoms with E-state index in [9.17, 15) is 86.8 Å². The third kappa shape index (κ3) is 10.1. The van der Waals surface area contributed by atoms with Gasteiger partial charge in [-0.3, -0.25) is 0 Å². The van der Waals surface area contributed by atoms with Gasteiger partial charge in [-0.1, -0.05) is 0 Å². The van der Waals surface area contributed by atoms with Gasteiger partial charge in [0.25, 0.3) is 0 Å². The average Bonchev–Trinajstić information content (AvgIpc) is 3.17. The zero-order chi connectivity index (χ0) is 41.0. The van der Waals surface area contributed by atoms with Crippen molar-refractivity contribution in [3.63, 3.8) is 0 Å². The van der Waals surface area contributed by atoms with Crippen LogP contribution in [0.15, 0.2) is 0 Å². The number of aliphatic hydroxyl groups excluding tert-OH is 17. The first-order valence-electron chi connectivity index (χ1n) is 17.4. The largest absolute Gasteiger partial charge is 0.394 e. The van der Waals surface area contributed by atoms with E-state index in [1.54, 1.807) is 0 Å². The Balaban J connectivity index is 1.73. The molecule has 0 saturated carbocycles. The molecule has 324 valence electrons. The van der Waals surface area contributed by atoms with E-state index in [4.69, 9.17) is 37.9 Å². The second-order valence-electron chi connectivity index (χ2n) is 13.7. The van der Waals surface area contributed by atoms with Gasteiger partial charge < -0.3 is 125 Å². The lowest BCUT2D eigenvalue weighted by Crippen LogP contribution is -2.69. The summed E-state index contributed by atoms with van der Waals surface area (Å²) in [5.74, 6) is 0. The molecule has 0 aromatic rings. The van der Waals surface area contributed by atoms with Crippen molar-refractivity contribution in [2.75, 3.05) is 33.0 Å². The maximum Gasteiger partial charge on any atom is 0.187 e. The molecule has 0 aromatic carbocycles. The Labute approximate surface area is 312 Å². The van der Waals surface area contributed by atoms with Gasteiger partial charge >= 0.3 is 0 Å². The molecule has 0 spiro atoms. The van der Waals surface area contributed by atoms with E-state index >= 15 is 0 Å². The highest BCUT2D eigenvalue weighted by molar-refractivity contribution is 4.99. The van der Waals surface area contributed by atoms with Gasteiger partial charge in [-0.15, -0.1) is 0 Å². The Hall–Kier alpha value is -1.00. The minimum atomic E-state index is -2.19. The molecule has 25 heteroatoms. The molecule has 4 fully saturated rings. The fraction of sp³-hybridized carbons (Fsp3) is 1.00. The Bertz CT molecular complexity index is 1140. The van der Waals surface area contributed by atoms with Crippen molar-refractivity contribution in [1.82, 2.24) is 0 Å². The minimum Gasteiger partial charge on any atom is -0.394 e. The molecule has 17 N–H and O–H groups in total. The molecule has 0 aliphatic carbocycles. The highest BCUT2D eigenvalue weighted by Crippen LogP contribution is 2.36. The van der Waals surface area contributed by atoms with Crippen LogP contribution in [0.4, 0.5) is 0 Å². The van der Waals surface area contributed by atoms with Crippen LogP contribution in [0.1, 0.15) is 6.92 Å². The Morgan fingerprint density at radius 2 is 0.818 bits per heavy atom. The van der Waals surface area contributed by atoms with Crippen LogP contribution in [0.5, 0.6) is 0 Å². The summed E-state index contributed by atoms with van der Waals surface area (Å²) in [4.78, 5) is 0. The van der Waals surface area contributed by atoms with Crippen LogP contribution >= 0.6 is 0 Å². The lowest BCUT2D eigenvalue weighted by Gasteiger charge is -2.50. The van der Waals surface area contributed by atoms with Crippen molar-refractivity contribution >= 4 is 0 Å². The molecule has 0 unspecified atom stereocenters. The molecule has 0 bridgehead atoms. The monoisotopic (exact) mass is 814 g/mol. The Kier molecular flexibility index (Phi) is 17.2. The average molecular weight is 815 g/mol. The van der Waals surface area contributed by atoms with Crippen molar-refractivity contribution < 1.29 is 125 Å². The molecule has 0 radical (unpaired) electrons. The lowest BCUT2D eigenvalue weighted by atomic mass is 9.95. The van der Waals surface area contributed by atoms with Gasteiger partial charge in [-0.05, 0) is 6.92 Å². The normalized spacial score (nSPS) is 47.9. The highest BCUT2D eigenvalue weighted by atomic mass is 16.8. The van der Waals surface area contributed by atoms with Crippen LogP contribution in [0, 0.1) is 0 Å². The van der Waals surface area contributed by atoms with E-state index in [2.05, 4.69) is 0 Å². The summed E-state index contributed by atoms with van der Waals surface area (Å²) in [6.07, 6.45) is -46.2. The Morgan fingerprint density at radius 1 is 0.436 bits per heavy atom. The predicted molar refractivity (Wildman–Crippen MR) is 167 cm³/mol. The fourth-order valence-electron chi connectivity index (χ4n) is 6.53. The molecule has 55 heavy (non-hydrogen) atoms. The quantitative estimate of drug-likeness (QED) is 0.0688. The van der Waals surface area contributed by atoms with Crippen LogP contribution in [0.2, 0.25) is 0 Å². The van der Waals surface area contributed by atoms with Gasteiger partial charge in [-0.25, -0.2) is 0 Å². The summed E-state index contributed by atoms with van der Waals surface area (Å²) in [6.45, 7) is -3.75. The van der Waals surface area contributed by atoms with E-state index in [1.165, 1.54) is 0 Å². The molecule has 25 nitrogen and oxygen atoms in total.